The maximum absolute atomic E-state index is 10.8. The summed E-state index contributed by atoms with van der Waals surface area (Å²) < 4.78 is 0. The van der Waals surface area contributed by atoms with Crippen LogP contribution in [0.5, 0.6) is 17.2 Å². The van der Waals surface area contributed by atoms with Gasteiger partial charge in [0.05, 0.1) is 0 Å². The van der Waals surface area contributed by atoms with Gasteiger partial charge in [0.2, 0.25) is 0 Å². The summed E-state index contributed by atoms with van der Waals surface area (Å²) in [5, 5.41) is 31.8. The number of benzene rings is 3. The normalized spacial score (nSPS) is 17.7. The lowest BCUT2D eigenvalue weighted by molar-refractivity contribution is 0.413. The highest BCUT2D eigenvalue weighted by molar-refractivity contribution is 5.52. The smallest absolute Gasteiger partial charge is 0.119 e. The van der Waals surface area contributed by atoms with Gasteiger partial charge in [-0.25, -0.2) is 0 Å². The van der Waals surface area contributed by atoms with Gasteiger partial charge in [-0.05, 0) is 96.0 Å². The predicted octanol–water partition coefficient (Wildman–Crippen LogP) is 8.39. The number of hydrogen-bond acceptors (Lipinski definition) is 3. The molecule has 2 aliphatic rings. The summed E-state index contributed by atoms with van der Waals surface area (Å²) in [6, 6.07) is 18.1. The minimum Gasteiger partial charge on any atom is -0.508 e. The Hall–Kier alpha value is -2.94. The Morgan fingerprint density at radius 2 is 0.943 bits per heavy atom. The zero-order valence-electron chi connectivity index (χ0n) is 20.8. The van der Waals surface area contributed by atoms with Crippen molar-refractivity contribution in [3.05, 3.63) is 88.0 Å². The Morgan fingerprint density at radius 1 is 0.543 bits per heavy atom. The van der Waals surface area contributed by atoms with Crippen LogP contribution in [0.3, 0.4) is 0 Å². The Labute approximate surface area is 209 Å². The fourth-order valence-electron chi connectivity index (χ4n) is 6.42. The third-order valence-electron chi connectivity index (χ3n) is 8.41. The Morgan fingerprint density at radius 3 is 1.37 bits per heavy atom. The molecule has 0 unspecified atom stereocenters. The number of phenols is 3. The summed E-state index contributed by atoms with van der Waals surface area (Å²) in [6.45, 7) is 1.93. The molecular formula is C32H38O3. The van der Waals surface area contributed by atoms with Crippen LogP contribution in [-0.2, 0) is 0 Å². The van der Waals surface area contributed by atoms with Gasteiger partial charge in [-0.1, -0.05) is 74.9 Å². The molecule has 0 amide bonds. The molecule has 2 aliphatic carbocycles. The van der Waals surface area contributed by atoms with Gasteiger partial charge in [-0.2, -0.15) is 0 Å². The summed E-state index contributed by atoms with van der Waals surface area (Å²) >= 11 is 0. The Kier molecular flexibility index (Phi) is 7.04. The van der Waals surface area contributed by atoms with Crippen molar-refractivity contribution in [1.82, 2.24) is 0 Å². The molecule has 184 valence electrons. The second-order valence-electron chi connectivity index (χ2n) is 10.8. The topological polar surface area (TPSA) is 60.7 Å². The van der Waals surface area contributed by atoms with Crippen LogP contribution in [0.2, 0.25) is 0 Å². The molecule has 3 aromatic rings. The third kappa shape index (κ3) is 5.05. The average Bonchev–Trinajstić information content (AvgIpc) is 2.89. The van der Waals surface area contributed by atoms with E-state index in [-0.39, 0.29) is 5.92 Å². The highest BCUT2D eigenvalue weighted by Gasteiger charge is 2.25. The molecule has 3 aromatic carbocycles. The van der Waals surface area contributed by atoms with Gasteiger partial charge in [0.1, 0.15) is 17.2 Å². The van der Waals surface area contributed by atoms with Crippen molar-refractivity contribution in [1.29, 1.82) is 0 Å². The van der Waals surface area contributed by atoms with Crippen LogP contribution in [0.4, 0.5) is 0 Å². The summed E-state index contributed by atoms with van der Waals surface area (Å²) in [5.74, 6) is 1.87. The number of aryl methyl sites for hydroxylation is 1. The van der Waals surface area contributed by atoms with E-state index in [2.05, 4.69) is 18.2 Å². The first-order valence-corrected chi connectivity index (χ1v) is 13.5. The molecule has 3 N–H and O–H groups in total. The van der Waals surface area contributed by atoms with Gasteiger partial charge >= 0.3 is 0 Å². The maximum atomic E-state index is 10.8. The first-order chi connectivity index (χ1) is 17.0. The van der Waals surface area contributed by atoms with E-state index in [0.717, 1.165) is 59.1 Å². The standard InChI is InChI=1S/C32H38O3/c1-21-18-24(12-15-29(21)33)32(25-13-16-30(34)27(19-25)22-8-4-2-5-9-22)26-14-17-31(35)28(20-26)23-10-6-3-7-11-23/h12-20,22-23,32-35H,2-11H2,1H3. The predicted molar refractivity (Wildman–Crippen MR) is 142 cm³/mol. The van der Waals surface area contributed by atoms with E-state index in [4.69, 9.17) is 0 Å². The van der Waals surface area contributed by atoms with Crippen LogP contribution in [-0.4, -0.2) is 15.3 Å². The molecule has 0 radical (unpaired) electrons. The SMILES string of the molecule is Cc1cc(C(c2ccc(O)c(C3CCCCC3)c2)c2ccc(O)c(C3CCCCC3)c2)ccc1O. The van der Waals surface area contributed by atoms with E-state index in [0.29, 0.717) is 29.1 Å². The van der Waals surface area contributed by atoms with Crippen LogP contribution in [0.1, 0.15) is 115 Å². The molecular weight excluding hydrogens is 432 g/mol. The first kappa shape index (κ1) is 23.8. The molecule has 2 fully saturated rings. The fourth-order valence-corrected chi connectivity index (χ4v) is 6.42. The van der Waals surface area contributed by atoms with Crippen LogP contribution >= 0.6 is 0 Å². The fraction of sp³-hybridized carbons (Fsp3) is 0.438. The van der Waals surface area contributed by atoms with Crippen molar-refractivity contribution >= 4 is 0 Å². The van der Waals surface area contributed by atoms with Gasteiger partial charge in [0.25, 0.3) is 0 Å². The largest absolute Gasteiger partial charge is 0.508 e. The molecule has 2 saturated carbocycles. The molecule has 0 spiro atoms. The molecule has 0 aliphatic heterocycles. The number of hydrogen-bond donors (Lipinski definition) is 3. The average molecular weight is 471 g/mol. The van der Waals surface area contributed by atoms with Crippen molar-refractivity contribution < 1.29 is 15.3 Å². The van der Waals surface area contributed by atoms with Crippen molar-refractivity contribution in [2.24, 2.45) is 0 Å². The third-order valence-corrected chi connectivity index (χ3v) is 8.41. The van der Waals surface area contributed by atoms with Gasteiger partial charge in [-0.3, -0.25) is 0 Å². The van der Waals surface area contributed by atoms with Gasteiger partial charge < -0.3 is 15.3 Å². The molecule has 5 rings (SSSR count). The summed E-state index contributed by atoms with van der Waals surface area (Å²) in [4.78, 5) is 0. The van der Waals surface area contributed by atoms with E-state index in [1.54, 1.807) is 6.07 Å². The van der Waals surface area contributed by atoms with Gasteiger partial charge in [-0.15, -0.1) is 0 Å². The zero-order chi connectivity index (χ0) is 24.4. The Balaban J connectivity index is 1.62. The second-order valence-corrected chi connectivity index (χ2v) is 10.8. The lowest BCUT2D eigenvalue weighted by Crippen LogP contribution is -2.10. The van der Waals surface area contributed by atoms with Crippen LogP contribution < -0.4 is 0 Å². The molecule has 35 heavy (non-hydrogen) atoms. The van der Waals surface area contributed by atoms with E-state index in [1.807, 2.05) is 37.3 Å². The van der Waals surface area contributed by atoms with E-state index in [9.17, 15) is 15.3 Å². The minimum atomic E-state index is -0.0415. The zero-order valence-corrected chi connectivity index (χ0v) is 20.8. The minimum absolute atomic E-state index is 0.0415. The molecule has 0 heterocycles. The Bertz CT molecular complexity index is 1100. The van der Waals surface area contributed by atoms with Crippen molar-refractivity contribution in [2.45, 2.75) is 88.9 Å². The monoisotopic (exact) mass is 470 g/mol. The van der Waals surface area contributed by atoms with E-state index in [1.165, 1.54) is 38.5 Å². The number of rotatable bonds is 5. The van der Waals surface area contributed by atoms with Crippen molar-refractivity contribution in [2.75, 3.05) is 0 Å². The molecule has 0 aromatic heterocycles. The van der Waals surface area contributed by atoms with E-state index >= 15 is 0 Å². The second kappa shape index (κ2) is 10.4. The molecule has 3 nitrogen and oxygen atoms in total. The summed E-state index contributed by atoms with van der Waals surface area (Å²) in [5.41, 5.74) is 6.39. The number of aromatic hydroxyl groups is 3. The number of phenolic OH excluding ortho intramolecular Hbond substituents is 3. The highest BCUT2D eigenvalue weighted by atomic mass is 16.3. The molecule has 3 heteroatoms. The molecule has 0 saturated heterocycles. The van der Waals surface area contributed by atoms with Crippen LogP contribution in [0, 0.1) is 6.92 Å². The molecule has 0 bridgehead atoms. The first-order valence-electron chi connectivity index (χ1n) is 13.5. The lowest BCUT2D eigenvalue weighted by Gasteiger charge is -2.27. The summed E-state index contributed by atoms with van der Waals surface area (Å²) in [6.07, 6.45) is 12.0. The van der Waals surface area contributed by atoms with Gasteiger partial charge in [0, 0.05) is 5.92 Å². The lowest BCUT2D eigenvalue weighted by atomic mass is 9.78. The maximum Gasteiger partial charge on any atom is 0.119 e. The van der Waals surface area contributed by atoms with Crippen molar-refractivity contribution in [3.8, 4) is 17.2 Å². The highest BCUT2D eigenvalue weighted by Crippen LogP contribution is 2.43. The molecule has 0 atom stereocenters. The van der Waals surface area contributed by atoms with Gasteiger partial charge in [0.15, 0.2) is 0 Å². The van der Waals surface area contributed by atoms with Crippen molar-refractivity contribution in [3.63, 3.8) is 0 Å². The van der Waals surface area contributed by atoms with Crippen LogP contribution in [0.15, 0.2) is 54.6 Å². The van der Waals surface area contributed by atoms with E-state index < -0.39 is 0 Å². The summed E-state index contributed by atoms with van der Waals surface area (Å²) in [7, 11) is 0. The van der Waals surface area contributed by atoms with Crippen LogP contribution in [0.25, 0.3) is 0 Å². The quantitative estimate of drug-likeness (QED) is 0.328.